The number of methoxy groups -OCH3 is 1. The van der Waals surface area contributed by atoms with Crippen molar-refractivity contribution in [3.63, 3.8) is 0 Å². The number of nitrogens with zero attached hydrogens (tertiary/aromatic N) is 1. The highest BCUT2D eigenvalue weighted by Gasteiger charge is 2.29. The molecule has 1 aliphatic rings. The van der Waals surface area contributed by atoms with Crippen molar-refractivity contribution in [3.05, 3.63) is 53.6 Å². The van der Waals surface area contributed by atoms with Crippen LogP contribution in [0.25, 0.3) is 11.1 Å². The number of sulfone groups is 1. The fourth-order valence-electron chi connectivity index (χ4n) is 4.60. The number of carbonyl (C=O) groups excluding carboxylic acids is 1. The molecular weight excluding hydrogens is 476 g/mol. The first-order valence-electron chi connectivity index (χ1n) is 12.5. The van der Waals surface area contributed by atoms with Crippen LogP contribution in [0.3, 0.4) is 0 Å². The predicted octanol–water partition coefficient (Wildman–Crippen LogP) is 5.17. The third kappa shape index (κ3) is 8.23. The first kappa shape index (κ1) is 28.0. The third-order valence-corrected chi connectivity index (χ3v) is 7.36. The van der Waals surface area contributed by atoms with E-state index < -0.39 is 15.4 Å². The lowest BCUT2D eigenvalue weighted by Gasteiger charge is -2.36. The smallest absolute Gasteiger partial charge is 0.410 e. The van der Waals surface area contributed by atoms with Gasteiger partial charge in [0, 0.05) is 37.5 Å². The van der Waals surface area contributed by atoms with Crippen molar-refractivity contribution < 1.29 is 22.7 Å². The Labute approximate surface area is 216 Å². The molecule has 1 aliphatic carbocycles. The molecule has 198 valence electrons. The third-order valence-electron chi connectivity index (χ3n) is 6.50. The molecule has 0 aliphatic heterocycles. The average Bonchev–Trinajstić information content (AvgIpc) is 2.81. The van der Waals surface area contributed by atoms with Gasteiger partial charge < -0.3 is 19.7 Å². The number of hydrogen-bond acceptors (Lipinski definition) is 6. The molecule has 2 aromatic rings. The molecule has 2 aromatic carbocycles. The molecule has 0 radical (unpaired) electrons. The van der Waals surface area contributed by atoms with Crippen LogP contribution in [0.5, 0.6) is 5.75 Å². The number of hydrogen-bond donors (Lipinski definition) is 1. The summed E-state index contributed by atoms with van der Waals surface area (Å²) >= 11 is 0. The normalized spacial score (nSPS) is 18.5. The maximum atomic E-state index is 12.4. The van der Waals surface area contributed by atoms with Crippen molar-refractivity contribution in [2.24, 2.45) is 0 Å². The Bertz CT molecular complexity index is 1130. The molecule has 0 spiro atoms. The molecule has 0 atom stereocenters. The Kier molecular flexibility index (Phi) is 9.06. The maximum Gasteiger partial charge on any atom is 0.410 e. The topological polar surface area (TPSA) is 84.9 Å². The van der Waals surface area contributed by atoms with Crippen LogP contribution in [-0.4, -0.2) is 57.5 Å². The minimum atomic E-state index is -3.06. The van der Waals surface area contributed by atoms with Gasteiger partial charge in [0.1, 0.15) is 11.4 Å². The zero-order valence-electron chi connectivity index (χ0n) is 22.3. The average molecular weight is 517 g/mol. The molecule has 1 amide bonds. The molecule has 1 saturated carbocycles. The standard InChI is InChI=1S/C28H40N2O5S/c1-28(2,3)35-27(31)30(4)25-14-12-24(13-15-25)29-18-23-17-22(11-16-26(23)34-5)21-9-7-20(8-10-21)19-36(6,32)33/h7-11,16-17,24-25,29H,12-15,18-19H2,1-6H3. The number of ether oxygens (including phenoxy) is 2. The van der Waals surface area contributed by atoms with E-state index in [1.165, 1.54) is 6.26 Å². The van der Waals surface area contributed by atoms with Gasteiger partial charge in [0.25, 0.3) is 0 Å². The zero-order valence-corrected chi connectivity index (χ0v) is 23.2. The highest BCUT2D eigenvalue weighted by molar-refractivity contribution is 7.89. The highest BCUT2D eigenvalue weighted by atomic mass is 32.2. The molecule has 1 fully saturated rings. The first-order valence-corrected chi connectivity index (χ1v) is 14.5. The van der Waals surface area contributed by atoms with Gasteiger partial charge in [-0.25, -0.2) is 13.2 Å². The SMILES string of the molecule is COc1ccc(-c2ccc(CS(C)(=O)=O)cc2)cc1CNC1CCC(N(C)C(=O)OC(C)(C)C)CC1. The summed E-state index contributed by atoms with van der Waals surface area (Å²) in [4.78, 5) is 14.1. The molecule has 3 rings (SSSR count). The van der Waals surface area contributed by atoms with E-state index in [0.717, 1.165) is 53.7 Å². The summed E-state index contributed by atoms with van der Waals surface area (Å²) in [6.07, 6.45) is 4.83. The zero-order chi connectivity index (χ0) is 26.5. The molecule has 0 saturated heterocycles. The van der Waals surface area contributed by atoms with Gasteiger partial charge in [0.05, 0.1) is 12.9 Å². The van der Waals surface area contributed by atoms with Crippen molar-refractivity contribution in [2.45, 2.75) is 76.4 Å². The van der Waals surface area contributed by atoms with Gasteiger partial charge in [-0.1, -0.05) is 30.3 Å². The van der Waals surface area contributed by atoms with Gasteiger partial charge in [0.2, 0.25) is 0 Å². The minimum absolute atomic E-state index is 0.0425. The van der Waals surface area contributed by atoms with Gasteiger partial charge in [-0.15, -0.1) is 0 Å². The van der Waals surface area contributed by atoms with Crippen LogP contribution < -0.4 is 10.1 Å². The summed E-state index contributed by atoms with van der Waals surface area (Å²) in [7, 11) is 0.448. The lowest BCUT2D eigenvalue weighted by atomic mass is 9.90. The summed E-state index contributed by atoms with van der Waals surface area (Å²) in [6, 6.07) is 14.3. The first-order chi connectivity index (χ1) is 16.8. The second-order valence-corrected chi connectivity index (χ2v) is 12.9. The maximum absolute atomic E-state index is 12.4. The summed E-state index contributed by atoms with van der Waals surface area (Å²) in [5.41, 5.74) is 3.45. The van der Waals surface area contributed by atoms with Crippen molar-refractivity contribution in [1.82, 2.24) is 10.2 Å². The predicted molar refractivity (Wildman–Crippen MR) is 144 cm³/mol. The molecule has 1 N–H and O–H groups in total. The number of amides is 1. The Morgan fingerprint density at radius 3 is 2.19 bits per heavy atom. The van der Waals surface area contributed by atoms with E-state index >= 15 is 0 Å². The van der Waals surface area contributed by atoms with Crippen molar-refractivity contribution >= 4 is 15.9 Å². The van der Waals surface area contributed by atoms with E-state index in [1.54, 1.807) is 12.0 Å². The fourth-order valence-corrected chi connectivity index (χ4v) is 5.39. The summed E-state index contributed by atoms with van der Waals surface area (Å²) in [5, 5.41) is 3.67. The summed E-state index contributed by atoms with van der Waals surface area (Å²) in [5.74, 6) is 0.874. The minimum Gasteiger partial charge on any atom is -0.496 e. The molecule has 0 heterocycles. The molecule has 36 heavy (non-hydrogen) atoms. The van der Waals surface area contributed by atoms with E-state index in [1.807, 2.05) is 64.2 Å². The second-order valence-electron chi connectivity index (χ2n) is 10.8. The Morgan fingerprint density at radius 2 is 1.64 bits per heavy atom. The Hall–Kier alpha value is -2.58. The lowest BCUT2D eigenvalue weighted by molar-refractivity contribution is 0.0179. The van der Waals surface area contributed by atoms with E-state index in [0.29, 0.717) is 12.6 Å². The van der Waals surface area contributed by atoms with Gasteiger partial charge in [-0.05, 0) is 75.3 Å². The second kappa shape index (κ2) is 11.6. The van der Waals surface area contributed by atoms with Crippen molar-refractivity contribution in [1.29, 1.82) is 0 Å². The highest BCUT2D eigenvalue weighted by Crippen LogP contribution is 2.29. The van der Waals surface area contributed by atoms with Gasteiger partial charge >= 0.3 is 6.09 Å². The van der Waals surface area contributed by atoms with Crippen LogP contribution in [0.2, 0.25) is 0 Å². The van der Waals surface area contributed by atoms with Crippen LogP contribution in [0.1, 0.15) is 57.6 Å². The van der Waals surface area contributed by atoms with Crippen LogP contribution >= 0.6 is 0 Å². The summed E-state index contributed by atoms with van der Waals surface area (Å²) in [6.45, 7) is 6.34. The fraction of sp³-hybridized carbons (Fsp3) is 0.536. The van der Waals surface area contributed by atoms with Crippen LogP contribution in [-0.2, 0) is 26.9 Å². The molecule has 0 bridgehead atoms. The van der Waals surface area contributed by atoms with Gasteiger partial charge in [0.15, 0.2) is 9.84 Å². The molecule has 8 heteroatoms. The largest absolute Gasteiger partial charge is 0.496 e. The lowest BCUT2D eigenvalue weighted by Crippen LogP contribution is -2.44. The number of nitrogens with one attached hydrogen (secondary N) is 1. The van der Waals surface area contributed by atoms with E-state index in [2.05, 4.69) is 11.4 Å². The summed E-state index contributed by atoms with van der Waals surface area (Å²) < 4.78 is 34.2. The van der Waals surface area contributed by atoms with Crippen molar-refractivity contribution in [3.8, 4) is 16.9 Å². The van der Waals surface area contributed by atoms with Crippen LogP contribution in [0, 0.1) is 0 Å². The number of rotatable bonds is 8. The molecule has 0 unspecified atom stereocenters. The van der Waals surface area contributed by atoms with Crippen molar-refractivity contribution in [2.75, 3.05) is 20.4 Å². The molecule has 0 aromatic heterocycles. The quantitative estimate of drug-likeness (QED) is 0.521. The number of carbonyl (C=O) groups is 1. The number of benzene rings is 2. The Morgan fingerprint density at radius 1 is 1.03 bits per heavy atom. The van der Waals surface area contributed by atoms with Gasteiger partial charge in [-0.3, -0.25) is 0 Å². The van der Waals surface area contributed by atoms with Crippen LogP contribution in [0.15, 0.2) is 42.5 Å². The van der Waals surface area contributed by atoms with E-state index in [-0.39, 0.29) is 17.9 Å². The van der Waals surface area contributed by atoms with E-state index in [9.17, 15) is 13.2 Å². The monoisotopic (exact) mass is 516 g/mol. The van der Waals surface area contributed by atoms with E-state index in [4.69, 9.17) is 9.47 Å². The van der Waals surface area contributed by atoms with Gasteiger partial charge in [-0.2, -0.15) is 0 Å². The molecule has 7 nitrogen and oxygen atoms in total. The molecular formula is C28H40N2O5S. The Balaban J connectivity index is 1.59. The van der Waals surface area contributed by atoms with Crippen LogP contribution in [0.4, 0.5) is 4.79 Å².